The van der Waals surface area contributed by atoms with E-state index < -0.39 is 0 Å². The highest BCUT2D eigenvalue weighted by atomic mass is 35.5. The molecule has 0 spiro atoms. The van der Waals surface area contributed by atoms with Gasteiger partial charge >= 0.3 is 0 Å². The number of fused-ring (bicyclic) bond motifs is 1. The zero-order chi connectivity index (χ0) is 13.9. The fourth-order valence-corrected chi connectivity index (χ4v) is 2.77. The number of hydrogen-bond acceptors (Lipinski definition) is 4. The molecule has 0 atom stereocenters. The fourth-order valence-electron chi connectivity index (χ4n) is 1.87. The molecule has 0 aliphatic rings. The average Bonchev–Trinajstić information content (AvgIpc) is 2.91. The number of nitrogens with zero attached hydrogens (tertiary/aromatic N) is 2. The Hall–Kier alpha value is -1.85. The third kappa shape index (κ3) is 2.69. The highest BCUT2D eigenvalue weighted by molar-refractivity contribution is 7.16. The molecular weight excluding hydrogens is 296 g/mol. The topological polar surface area (TPSA) is 44.1 Å². The number of ether oxygens (including phenoxy) is 1. The molecule has 0 saturated heterocycles. The molecule has 0 aliphatic heterocycles. The van der Waals surface area contributed by atoms with Crippen LogP contribution in [0.4, 0.5) is 0 Å². The molecule has 0 saturated carbocycles. The molecule has 3 aromatic rings. The van der Waals surface area contributed by atoms with Crippen LogP contribution in [-0.4, -0.2) is 16.2 Å². The van der Waals surface area contributed by atoms with Crippen LogP contribution in [0.5, 0.6) is 5.75 Å². The van der Waals surface area contributed by atoms with Crippen molar-refractivity contribution >= 4 is 33.2 Å². The lowest BCUT2D eigenvalue weighted by Crippen LogP contribution is -2.23. The van der Waals surface area contributed by atoms with Gasteiger partial charge in [-0.05, 0) is 29.6 Å². The van der Waals surface area contributed by atoms with E-state index in [1.165, 1.54) is 11.3 Å². The smallest absolute Gasteiger partial charge is 0.262 e. The third-order valence-electron chi connectivity index (χ3n) is 2.85. The third-order valence-corrected chi connectivity index (χ3v) is 3.90. The van der Waals surface area contributed by atoms with Crippen LogP contribution < -0.4 is 10.3 Å². The number of thiophene rings is 1. The first-order valence-corrected chi connectivity index (χ1v) is 7.31. The standard InChI is InChI=1S/C14H11ClN2O2S/c15-10-2-1-3-11(8-10)19-6-5-17-9-16-13-12(14(17)18)4-7-20-13/h1-4,7-9H,5-6H2. The van der Waals surface area contributed by atoms with Crippen molar-refractivity contribution in [2.75, 3.05) is 6.61 Å². The molecule has 0 unspecified atom stereocenters. The van der Waals surface area contributed by atoms with E-state index >= 15 is 0 Å². The van der Waals surface area contributed by atoms with E-state index in [-0.39, 0.29) is 5.56 Å². The maximum atomic E-state index is 12.1. The summed E-state index contributed by atoms with van der Waals surface area (Å²) < 4.78 is 7.13. The predicted molar refractivity (Wildman–Crippen MR) is 80.8 cm³/mol. The number of halogens is 1. The van der Waals surface area contributed by atoms with Crippen molar-refractivity contribution in [1.82, 2.24) is 9.55 Å². The molecule has 3 rings (SSSR count). The van der Waals surface area contributed by atoms with Crippen LogP contribution >= 0.6 is 22.9 Å². The van der Waals surface area contributed by atoms with Crippen molar-refractivity contribution in [3.05, 3.63) is 57.4 Å². The lowest BCUT2D eigenvalue weighted by atomic mass is 10.3. The molecule has 2 aromatic heterocycles. The number of hydrogen-bond donors (Lipinski definition) is 0. The minimum atomic E-state index is -0.0362. The Morgan fingerprint density at radius 3 is 3.10 bits per heavy atom. The Kier molecular flexibility index (Phi) is 3.71. The van der Waals surface area contributed by atoms with Crippen molar-refractivity contribution in [3.63, 3.8) is 0 Å². The second kappa shape index (κ2) is 5.64. The maximum Gasteiger partial charge on any atom is 0.262 e. The lowest BCUT2D eigenvalue weighted by Gasteiger charge is -2.08. The summed E-state index contributed by atoms with van der Waals surface area (Å²) in [7, 11) is 0. The van der Waals surface area contributed by atoms with Crippen LogP contribution in [0.1, 0.15) is 0 Å². The van der Waals surface area contributed by atoms with Crippen LogP contribution in [0.2, 0.25) is 5.02 Å². The molecule has 4 nitrogen and oxygen atoms in total. The zero-order valence-electron chi connectivity index (χ0n) is 10.5. The Balaban J connectivity index is 1.71. The maximum absolute atomic E-state index is 12.1. The summed E-state index contributed by atoms with van der Waals surface area (Å²) in [4.78, 5) is 17.2. The highest BCUT2D eigenvalue weighted by Gasteiger charge is 2.05. The van der Waals surface area contributed by atoms with Crippen molar-refractivity contribution in [2.24, 2.45) is 0 Å². The van der Waals surface area contributed by atoms with Gasteiger partial charge in [-0.1, -0.05) is 17.7 Å². The monoisotopic (exact) mass is 306 g/mol. The minimum Gasteiger partial charge on any atom is -0.492 e. The summed E-state index contributed by atoms with van der Waals surface area (Å²) in [5, 5.41) is 3.15. The van der Waals surface area contributed by atoms with E-state index in [2.05, 4.69) is 4.98 Å². The van der Waals surface area contributed by atoms with Crippen LogP contribution in [0.15, 0.2) is 46.8 Å². The van der Waals surface area contributed by atoms with Crippen molar-refractivity contribution in [2.45, 2.75) is 6.54 Å². The van der Waals surface area contributed by atoms with Crippen LogP contribution in [0.3, 0.4) is 0 Å². The van der Waals surface area contributed by atoms with Gasteiger partial charge in [-0.25, -0.2) is 4.98 Å². The van der Waals surface area contributed by atoms with Gasteiger partial charge in [-0.3, -0.25) is 9.36 Å². The summed E-state index contributed by atoms with van der Waals surface area (Å²) in [6.45, 7) is 0.835. The van der Waals surface area contributed by atoms with Gasteiger partial charge in [0.15, 0.2) is 0 Å². The van der Waals surface area contributed by atoms with Gasteiger partial charge in [0, 0.05) is 5.02 Å². The molecule has 0 aliphatic carbocycles. The van der Waals surface area contributed by atoms with E-state index in [1.54, 1.807) is 29.1 Å². The van der Waals surface area contributed by atoms with Gasteiger partial charge in [0.25, 0.3) is 5.56 Å². The summed E-state index contributed by atoms with van der Waals surface area (Å²) >= 11 is 7.34. The molecule has 0 bridgehead atoms. The molecule has 2 heterocycles. The molecule has 0 N–H and O–H groups in total. The van der Waals surface area contributed by atoms with E-state index in [0.717, 1.165) is 4.83 Å². The Bertz CT molecular complexity index is 797. The highest BCUT2D eigenvalue weighted by Crippen LogP contribution is 2.17. The first kappa shape index (κ1) is 13.1. The summed E-state index contributed by atoms with van der Waals surface area (Å²) in [6.07, 6.45) is 1.56. The van der Waals surface area contributed by atoms with E-state index in [1.807, 2.05) is 17.5 Å². The van der Waals surface area contributed by atoms with Gasteiger partial charge < -0.3 is 4.74 Å². The Labute approximate surface area is 124 Å². The molecule has 0 fully saturated rings. The SMILES string of the molecule is O=c1c2ccsc2ncn1CCOc1cccc(Cl)c1. The molecular formula is C14H11ClN2O2S. The zero-order valence-corrected chi connectivity index (χ0v) is 12.0. The normalized spacial score (nSPS) is 10.8. The van der Waals surface area contributed by atoms with E-state index in [9.17, 15) is 4.79 Å². The second-order valence-corrected chi connectivity index (χ2v) is 5.52. The van der Waals surface area contributed by atoms with Crippen LogP contribution in [0, 0.1) is 0 Å². The van der Waals surface area contributed by atoms with E-state index in [0.29, 0.717) is 29.3 Å². The Morgan fingerprint density at radius 1 is 1.35 bits per heavy atom. The molecule has 20 heavy (non-hydrogen) atoms. The lowest BCUT2D eigenvalue weighted by molar-refractivity contribution is 0.296. The Morgan fingerprint density at radius 2 is 2.25 bits per heavy atom. The molecule has 6 heteroatoms. The number of benzene rings is 1. The molecule has 102 valence electrons. The minimum absolute atomic E-state index is 0.0362. The van der Waals surface area contributed by atoms with Gasteiger partial charge in [0.05, 0.1) is 18.3 Å². The predicted octanol–water partition coefficient (Wildman–Crippen LogP) is 3.19. The largest absolute Gasteiger partial charge is 0.492 e. The van der Waals surface area contributed by atoms with Gasteiger partial charge in [-0.2, -0.15) is 0 Å². The molecule has 1 aromatic carbocycles. The van der Waals surface area contributed by atoms with Crippen molar-refractivity contribution in [1.29, 1.82) is 0 Å². The van der Waals surface area contributed by atoms with Crippen LogP contribution in [-0.2, 0) is 6.54 Å². The quantitative estimate of drug-likeness (QED) is 0.743. The van der Waals surface area contributed by atoms with Crippen molar-refractivity contribution in [3.8, 4) is 5.75 Å². The first-order chi connectivity index (χ1) is 9.74. The van der Waals surface area contributed by atoms with Crippen molar-refractivity contribution < 1.29 is 4.74 Å². The summed E-state index contributed by atoms with van der Waals surface area (Å²) in [5.41, 5.74) is -0.0362. The van der Waals surface area contributed by atoms with Crippen LogP contribution in [0.25, 0.3) is 10.2 Å². The van der Waals surface area contributed by atoms with Gasteiger partial charge in [0.2, 0.25) is 0 Å². The first-order valence-electron chi connectivity index (χ1n) is 6.05. The van der Waals surface area contributed by atoms with E-state index in [4.69, 9.17) is 16.3 Å². The van der Waals surface area contributed by atoms with Gasteiger partial charge in [-0.15, -0.1) is 11.3 Å². The van der Waals surface area contributed by atoms with Gasteiger partial charge in [0.1, 0.15) is 17.2 Å². The summed E-state index contributed by atoms with van der Waals surface area (Å²) in [5.74, 6) is 0.690. The molecule has 0 amide bonds. The average molecular weight is 307 g/mol. The summed E-state index contributed by atoms with van der Waals surface area (Å²) in [6, 6.07) is 8.97. The number of rotatable bonds is 4. The number of aromatic nitrogens is 2. The second-order valence-electron chi connectivity index (χ2n) is 4.19. The fraction of sp³-hybridized carbons (Fsp3) is 0.143. The molecule has 0 radical (unpaired) electrons.